The standard InChI is InChI=1S/C10H16F6O/c1-3-7(2)17-5-4-9(13,14)10(15,16)8(12)6-11/h7-8H,3-6H2,1-2H3. The van der Waals surface area contributed by atoms with Crippen molar-refractivity contribution in [3.05, 3.63) is 0 Å². The Morgan fingerprint density at radius 2 is 1.71 bits per heavy atom. The average Bonchev–Trinajstić information content (AvgIpc) is 2.26. The van der Waals surface area contributed by atoms with Crippen LogP contribution in [0.5, 0.6) is 0 Å². The van der Waals surface area contributed by atoms with Crippen LogP contribution in [0, 0.1) is 0 Å². The molecule has 0 aliphatic heterocycles. The van der Waals surface area contributed by atoms with Crippen LogP contribution in [-0.4, -0.2) is 37.4 Å². The van der Waals surface area contributed by atoms with E-state index in [2.05, 4.69) is 0 Å². The molecule has 2 unspecified atom stereocenters. The summed E-state index contributed by atoms with van der Waals surface area (Å²) in [5.41, 5.74) is 0. The number of rotatable bonds is 8. The first kappa shape index (κ1) is 16.5. The monoisotopic (exact) mass is 266 g/mol. The van der Waals surface area contributed by atoms with Gasteiger partial charge in [-0.3, -0.25) is 0 Å². The number of alkyl halides is 6. The highest BCUT2D eigenvalue weighted by atomic mass is 19.3. The molecule has 0 fully saturated rings. The molecule has 0 heterocycles. The lowest BCUT2D eigenvalue weighted by Gasteiger charge is -2.28. The van der Waals surface area contributed by atoms with Gasteiger partial charge in [0.2, 0.25) is 0 Å². The molecule has 17 heavy (non-hydrogen) atoms. The van der Waals surface area contributed by atoms with Crippen LogP contribution < -0.4 is 0 Å². The fourth-order valence-corrected chi connectivity index (χ4v) is 0.999. The summed E-state index contributed by atoms with van der Waals surface area (Å²) in [5.74, 6) is -9.63. The predicted octanol–water partition coefficient (Wildman–Crippen LogP) is 3.77. The molecule has 104 valence electrons. The smallest absolute Gasteiger partial charge is 0.343 e. The molecule has 7 heteroatoms. The molecule has 0 rings (SSSR count). The Bertz CT molecular complexity index is 221. The van der Waals surface area contributed by atoms with Crippen molar-refractivity contribution in [1.29, 1.82) is 0 Å². The molecule has 0 aromatic heterocycles. The van der Waals surface area contributed by atoms with Crippen molar-refractivity contribution >= 4 is 0 Å². The van der Waals surface area contributed by atoms with Gasteiger partial charge in [-0.25, -0.2) is 8.78 Å². The summed E-state index contributed by atoms with van der Waals surface area (Å²) in [7, 11) is 0. The SMILES string of the molecule is CCC(C)OCCC(F)(F)C(F)(F)C(F)CF. The van der Waals surface area contributed by atoms with Gasteiger partial charge in [0.25, 0.3) is 0 Å². The van der Waals surface area contributed by atoms with E-state index in [1.54, 1.807) is 13.8 Å². The van der Waals surface area contributed by atoms with Crippen molar-refractivity contribution in [2.75, 3.05) is 13.3 Å². The Kier molecular flexibility index (Phi) is 6.29. The molecule has 0 aromatic carbocycles. The highest BCUT2D eigenvalue weighted by molar-refractivity contribution is 4.90. The first-order valence-electron chi connectivity index (χ1n) is 5.26. The highest BCUT2D eigenvalue weighted by Crippen LogP contribution is 2.41. The van der Waals surface area contributed by atoms with Crippen LogP contribution in [0.1, 0.15) is 26.7 Å². The van der Waals surface area contributed by atoms with Gasteiger partial charge in [-0.15, -0.1) is 0 Å². The molecule has 0 bridgehead atoms. The molecule has 1 nitrogen and oxygen atoms in total. The Labute approximate surface area is 96.1 Å². The molecule has 0 aromatic rings. The number of hydrogen-bond acceptors (Lipinski definition) is 1. The second-order valence-electron chi connectivity index (χ2n) is 3.79. The summed E-state index contributed by atoms with van der Waals surface area (Å²) in [6.07, 6.45) is -4.65. The average molecular weight is 266 g/mol. The zero-order valence-corrected chi connectivity index (χ0v) is 9.66. The van der Waals surface area contributed by atoms with Gasteiger partial charge in [0.1, 0.15) is 6.67 Å². The molecule has 0 N–H and O–H groups in total. The molecule has 0 spiro atoms. The summed E-state index contributed by atoms with van der Waals surface area (Å²) < 4.78 is 80.4. The minimum absolute atomic E-state index is 0.346. The zero-order valence-electron chi connectivity index (χ0n) is 9.66. The van der Waals surface area contributed by atoms with E-state index >= 15 is 0 Å². The highest BCUT2D eigenvalue weighted by Gasteiger charge is 2.61. The van der Waals surface area contributed by atoms with Crippen LogP contribution in [0.15, 0.2) is 0 Å². The van der Waals surface area contributed by atoms with E-state index in [1.807, 2.05) is 0 Å². The quantitative estimate of drug-likeness (QED) is 0.608. The zero-order chi connectivity index (χ0) is 13.7. The lowest BCUT2D eigenvalue weighted by atomic mass is 10.0. The van der Waals surface area contributed by atoms with Crippen LogP contribution >= 0.6 is 0 Å². The molecule has 2 atom stereocenters. The first-order chi connectivity index (χ1) is 7.69. The topological polar surface area (TPSA) is 9.23 Å². The maximum atomic E-state index is 13.0. The van der Waals surface area contributed by atoms with E-state index in [0.717, 1.165) is 0 Å². The van der Waals surface area contributed by atoms with Gasteiger partial charge in [0, 0.05) is 6.42 Å². The van der Waals surface area contributed by atoms with Crippen LogP contribution in [0.3, 0.4) is 0 Å². The largest absolute Gasteiger partial charge is 0.378 e. The Morgan fingerprint density at radius 3 is 2.12 bits per heavy atom. The van der Waals surface area contributed by atoms with Crippen molar-refractivity contribution < 1.29 is 31.1 Å². The summed E-state index contributed by atoms with van der Waals surface area (Å²) >= 11 is 0. The summed E-state index contributed by atoms with van der Waals surface area (Å²) in [6, 6.07) is 0. The van der Waals surface area contributed by atoms with Gasteiger partial charge in [-0.05, 0) is 13.3 Å². The van der Waals surface area contributed by atoms with Crippen LogP contribution in [0.25, 0.3) is 0 Å². The molecular weight excluding hydrogens is 250 g/mol. The molecule has 0 amide bonds. The van der Waals surface area contributed by atoms with Gasteiger partial charge in [0.05, 0.1) is 12.7 Å². The molecule has 0 radical (unpaired) electrons. The Hall–Kier alpha value is -0.460. The van der Waals surface area contributed by atoms with Gasteiger partial charge in [-0.2, -0.15) is 17.6 Å². The van der Waals surface area contributed by atoms with Crippen molar-refractivity contribution in [2.45, 2.75) is 50.8 Å². The van der Waals surface area contributed by atoms with E-state index in [1.165, 1.54) is 0 Å². The van der Waals surface area contributed by atoms with Gasteiger partial charge in [0.15, 0.2) is 6.17 Å². The van der Waals surface area contributed by atoms with Crippen LogP contribution in [0.4, 0.5) is 26.3 Å². The molecular formula is C10H16F6O. The predicted molar refractivity (Wildman–Crippen MR) is 51.1 cm³/mol. The van der Waals surface area contributed by atoms with E-state index in [0.29, 0.717) is 6.42 Å². The van der Waals surface area contributed by atoms with E-state index in [-0.39, 0.29) is 6.10 Å². The minimum atomic E-state index is -5.01. The summed E-state index contributed by atoms with van der Waals surface area (Å²) in [6.45, 7) is 0.555. The maximum absolute atomic E-state index is 13.0. The summed E-state index contributed by atoms with van der Waals surface area (Å²) in [4.78, 5) is 0. The van der Waals surface area contributed by atoms with Gasteiger partial charge in [-0.1, -0.05) is 6.92 Å². The Balaban J connectivity index is 4.35. The second-order valence-corrected chi connectivity index (χ2v) is 3.79. The number of hydrogen-bond donors (Lipinski definition) is 0. The fraction of sp³-hybridized carbons (Fsp3) is 1.00. The third kappa shape index (κ3) is 4.37. The van der Waals surface area contributed by atoms with Crippen molar-refractivity contribution in [1.82, 2.24) is 0 Å². The van der Waals surface area contributed by atoms with E-state index < -0.39 is 37.7 Å². The third-order valence-electron chi connectivity index (χ3n) is 2.41. The lowest BCUT2D eigenvalue weighted by molar-refractivity contribution is -0.247. The first-order valence-corrected chi connectivity index (χ1v) is 5.26. The van der Waals surface area contributed by atoms with E-state index in [9.17, 15) is 26.3 Å². The van der Waals surface area contributed by atoms with Gasteiger partial charge >= 0.3 is 11.8 Å². The lowest BCUT2D eigenvalue weighted by Crippen LogP contribution is -2.49. The number of ether oxygens (including phenoxy) is 1. The van der Waals surface area contributed by atoms with Crippen molar-refractivity contribution in [2.24, 2.45) is 0 Å². The van der Waals surface area contributed by atoms with Crippen LogP contribution in [-0.2, 0) is 4.74 Å². The Morgan fingerprint density at radius 1 is 1.18 bits per heavy atom. The number of halogens is 6. The molecule has 0 saturated heterocycles. The second kappa shape index (κ2) is 6.47. The molecule has 0 aliphatic rings. The maximum Gasteiger partial charge on any atom is 0.343 e. The van der Waals surface area contributed by atoms with Crippen molar-refractivity contribution in [3.63, 3.8) is 0 Å². The molecule has 0 aliphatic carbocycles. The fourth-order valence-electron chi connectivity index (χ4n) is 0.999. The minimum Gasteiger partial charge on any atom is -0.378 e. The molecule has 0 saturated carbocycles. The van der Waals surface area contributed by atoms with Crippen LogP contribution in [0.2, 0.25) is 0 Å². The van der Waals surface area contributed by atoms with E-state index in [4.69, 9.17) is 4.74 Å². The normalized spacial score (nSPS) is 16.9. The van der Waals surface area contributed by atoms with Gasteiger partial charge < -0.3 is 4.74 Å². The van der Waals surface area contributed by atoms with Crippen molar-refractivity contribution in [3.8, 4) is 0 Å². The summed E-state index contributed by atoms with van der Waals surface area (Å²) in [5, 5.41) is 0. The third-order valence-corrected chi connectivity index (χ3v) is 2.41.